The quantitative estimate of drug-likeness (QED) is 0.863. The summed E-state index contributed by atoms with van der Waals surface area (Å²) >= 11 is 1.76. The number of hydrogen-bond donors (Lipinski definition) is 0. The average molecular weight is 329 g/mol. The van der Waals surface area contributed by atoms with Gasteiger partial charge in [-0.15, -0.1) is 11.3 Å². The predicted molar refractivity (Wildman–Crippen MR) is 92.6 cm³/mol. The molecule has 2 aromatic rings. The molecule has 0 bridgehead atoms. The van der Waals surface area contributed by atoms with Gasteiger partial charge in [0.1, 0.15) is 17.2 Å². The molecule has 23 heavy (non-hydrogen) atoms. The van der Waals surface area contributed by atoms with Crippen LogP contribution in [0.25, 0.3) is 0 Å². The van der Waals surface area contributed by atoms with Gasteiger partial charge in [0.25, 0.3) is 0 Å². The molecule has 2 aliphatic rings. The number of thiazole rings is 1. The van der Waals surface area contributed by atoms with Crippen LogP contribution < -0.4 is 4.90 Å². The van der Waals surface area contributed by atoms with Crippen molar-refractivity contribution in [3.05, 3.63) is 34.7 Å². The van der Waals surface area contributed by atoms with Gasteiger partial charge in [-0.2, -0.15) is 0 Å². The molecule has 0 amide bonds. The molecule has 1 spiro atoms. The SMILES string of the molecule is Cc1cc(N(C)C2CC3(CCN(Cc4nccs4)C3)C2)ncn1. The molecule has 3 heterocycles. The van der Waals surface area contributed by atoms with E-state index < -0.39 is 0 Å². The molecule has 0 N–H and O–H groups in total. The monoisotopic (exact) mass is 329 g/mol. The third-order valence-electron chi connectivity index (χ3n) is 5.40. The molecule has 0 atom stereocenters. The molecule has 1 saturated heterocycles. The summed E-state index contributed by atoms with van der Waals surface area (Å²) in [7, 11) is 2.17. The van der Waals surface area contributed by atoms with E-state index in [1.807, 2.05) is 13.1 Å². The number of nitrogens with zero attached hydrogens (tertiary/aromatic N) is 5. The van der Waals surface area contributed by atoms with Crippen molar-refractivity contribution in [3.63, 3.8) is 0 Å². The zero-order chi connectivity index (χ0) is 15.9. The van der Waals surface area contributed by atoms with Gasteiger partial charge in [-0.05, 0) is 38.1 Å². The molecule has 1 aliphatic carbocycles. The fourth-order valence-corrected chi connectivity index (χ4v) is 4.71. The van der Waals surface area contributed by atoms with Crippen molar-refractivity contribution >= 4 is 17.2 Å². The van der Waals surface area contributed by atoms with Gasteiger partial charge in [0.05, 0.1) is 6.54 Å². The normalized spacial score (nSPS) is 27.3. The van der Waals surface area contributed by atoms with Crippen LogP contribution in [0.15, 0.2) is 24.0 Å². The van der Waals surface area contributed by atoms with Crippen LogP contribution in [0.5, 0.6) is 0 Å². The summed E-state index contributed by atoms with van der Waals surface area (Å²) in [4.78, 5) is 17.9. The number of likely N-dealkylation sites (tertiary alicyclic amines) is 1. The highest BCUT2D eigenvalue weighted by atomic mass is 32.1. The van der Waals surface area contributed by atoms with Crippen molar-refractivity contribution in [2.45, 2.75) is 38.8 Å². The van der Waals surface area contributed by atoms with Crippen LogP contribution >= 0.6 is 11.3 Å². The number of aryl methyl sites for hydroxylation is 1. The predicted octanol–water partition coefficient (Wildman–Crippen LogP) is 2.73. The first-order valence-electron chi connectivity index (χ1n) is 8.26. The second-order valence-electron chi connectivity index (χ2n) is 7.08. The Hall–Kier alpha value is -1.53. The lowest BCUT2D eigenvalue weighted by Crippen LogP contribution is -2.51. The van der Waals surface area contributed by atoms with Crippen molar-refractivity contribution in [3.8, 4) is 0 Å². The van der Waals surface area contributed by atoms with E-state index in [2.05, 4.69) is 43.2 Å². The maximum Gasteiger partial charge on any atom is 0.132 e. The lowest BCUT2D eigenvalue weighted by molar-refractivity contribution is 0.107. The summed E-state index contributed by atoms with van der Waals surface area (Å²) in [6.07, 6.45) is 7.46. The van der Waals surface area contributed by atoms with Gasteiger partial charge in [0, 0.05) is 43.0 Å². The van der Waals surface area contributed by atoms with E-state index in [4.69, 9.17) is 0 Å². The molecule has 0 unspecified atom stereocenters. The average Bonchev–Trinajstić information content (AvgIpc) is 3.15. The number of anilines is 1. The van der Waals surface area contributed by atoms with E-state index in [1.165, 1.54) is 37.4 Å². The van der Waals surface area contributed by atoms with Gasteiger partial charge in [0.2, 0.25) is 0 Å². The van der Waals surface area contributed by atoms with Crippen LogP contribution in [-0.2, 0) is 6.54 Å². The van der Waals surface area contributed by atoms with Gasteiger partial charge in [-0.3, -0.25) is 4.90 Å². The molecule has 122 valence electrons. The first-order chi connectivity index (χ1) is 11.1. The molecule has 2 aromatic heterocycles. The summed E-state index contributed by atoms with van der Waals surface area (Å²) in [6, 6.07) is 2.69. The van der Waals surface area contributed by atoms with Crippen molar-refractivity contribution in [2.75, 3.05) is 25.0 Å². The van der Waals surface area contributed by atoms with Gasteiger partial charge < -0.3 is 4.90 Å². The molecule has 2 fully saturated rings. The fourth-order valence-electron chi connectivity index (χ4n) is 4.05. The highest BCUT2D eigenvalue weighted by molar-refractivity contribution is 7.09. The van der Waals surface area contributed by atoms with E-state index in [0.717, 1.165) is 18.1 Å². The minimum atomic E-state index is 0.526. The van der Waals surface area contributed by atoms with Crippen molar-refractivity contribution in [1.82, 2.24) is 19.9 Å². The lowest BCUT2D eigenvalue weighted by Gasteiger charge is -2.49. The molecule has 1 saturated carbocycles. The van der Waals surface area contributed by atoms with E-state index in [-0.39, 0.29) is 0 Å². The molecule has 0 aromatic carbocycles. The molecule has 4 rings (SSSR count). The molecule has 0 radical (unpaired) electrons. The zero-order valence-corrected chi connectivity index (χ0v) is 14.6. The van der Waals surface area contributed by atoms with E-state index in [9.17, 15) is 0 Å². The van der Waals surface area contributed by atoms with Gasteiger partial charge in [0.15, 0.2) is 0 Å². The Labute approximate surface area is 141 Å². The summed E-state index contributed by atoms with van der Waals surface area (Å²) in [5, 5.41) is 3.31. The molecule has 6 heteroatoms. The molecule has 1 aliphatic heterocycles. The topological polar surface area (TPSA) is 45.2 Å². The summed E-state index contributed by atoms with van der Waals surface area (Å²) in [5.74, 6) is 1.05. The second kappa shape index (κ2) is 5.83. The largest absolute Gasteiger partial charge is 0.357 e. The number of aromatic nitrogens is 3. The molecule has 5 nitrogen and oxygen atoms in total. The Morgan fingerprint density at radius 3 is 2.96 bits per heavy atom. The van der Waals surface area contributed by atoms with Crippen LogP contribution in [0.2, 0.25) is 0 Å². The Kier molecular flexibility index (Phi) is 3.81. The van der Waals surface area contributed by atoms with Crippen LogP contribution in [0.1, 0.15) is 30.0 Å². The molecular formula is C17H23N5S. The first-order valence-corrected chi connectivity index (χ1v) is 9.14. The molecular weight excluding hydrogens is 306 g/mol. The minimum Gasteiger partial charge on any atom is -0.357 e. The number of hydrogen-bond acceptors (Lipinski definition) is 6. The lowest BCUT2D eigenvalue weighted by atomic mass is 9.64. The van der Waals surface area contributed by atoms with Crippen molar-refractivity contribution in [1.29, 1.82) is 0 Å². The van der Waals surface area contributed by atoms with Gasteiger partial charge in [-0.1, -0.05) is 0 Å². The third kappa shape index (κ3) is 2.97. The van der Waals surface area contributed by atoms with E-state index in [0.29, 0.717) is 11.5 Å². The smallest absolute Gasteiger partial charge is 0.132 e. The van der Waals surface area contributed by atoms with Gasteiger partial charge >= 0.3 is 0 Å². The van der Waals surface area contributed by atoms with Crippen LogP contribution in [-0.4, -0.2) is 46.0 Å². The summed E-state index contributed by atoms with van der Waals surface area (Å²) < 4.78 is 0. The Morgan fingerprint density at radius 1 is 1.35 bits per heavy atom. The second-order valence-corrected chi connectivity index (χ2v) is 8.06. The standard InChI is InChI=1S/C17H23N5S/c1-13-7-15(20-12-19-13)21(2)14-8-17(9-14)3-5-22(11-17)10-16-18-4-6-23-16/h4,6-7,12,14H,3,5,8-11H2,1-2H3. The van der Waals surface area contributed by atoms with Gasteiger partial charge in [-0.25, -0.2) is 15.0 Å². The van der Waals surface area contributed by atoms with E-state index >= 15 is 0 Å². The fraction of sp³-hybridized carbons (Fsp3) is 0.588. The van der Waals surface area contributed by atoms with Crippen LogP contribution in [0.3, 0.4) is 0 Å². The maximum atomic E-state index is 4.42. The van der Waals surface area contributed by atoms with Crippen LogP contribution in [0, 0.1) is 12.3 Å². The summed E-state index contributed by atoms with van der Waals surface area (Å²) in [6.45, 7) is 5.47. The Morgan fingerprint density at radius 2 is 2.22 bits per heavy atom. The zero-order valence-electron chi connectivity index (χ0n) is 13.8. The maximum absolute atomic E-state index is 4.42. The first kappa shape index (κ1) is 15.0. The van der Waals surface area contributed by atoms with Crippen molar-refractivity contribution < 1.29 is 0 Å². The Bertz CT molecular complexity index is 665. The van der Waals surface area contributed by atoms with E-state index in [1.54, 1.807) is 17.7 Å². The van der Waals surface area contributed by atoms with Crippen molar-refractivity contribution in [2.24, 2.45) is 5.41 Å². The van der Waals surface area contributed by atoms with Crippen LogP contribution in [0.4, 0.5) is 5.82 Å². The highest BCUT2D eigenvalue weighted by Gasteiger charge is 2.49. The highest BCUT2D eigenvalue weighted by Crippen LogP contribution is 2.50. The number of rotatable bonds is 4. The summed E-state index contributed by atoms with van der Waals surface area (Å²) in [5.41, 5.74) is 1.56. The Balaban J connectivity index is 1.34. The third-order valence-corrected chi connectivity index (χ3v) is 6.16. The minimum absolute atomic E-state index is 0.526.